The van der Waals surface area contributed by atoms with Crippen molar-refractivity contribution in [1.82, 2.24) is 4.90 Å². The second-order valence-corrected chi connectivity index (χ2v) is 8.43. The van der Waals surface area contributed by atoms with E-state index in [1.165, 1.54) is 7.11 Å². The highest BCUT2D eigenvalue weighted by molar-refractivity contribution is 5.49. The second kappa shape index (κ2) is 8.49. The maximum absolute atomic E-state index is 12.6. The molecule has 2 aliphatic rings. The first-order valence-electron chi connectivity index (χ1n) is 9.97. The molecule has 0 aliphatic carbocycles. The molecule has 1 fully saturated rings. The van der Waals surface area contributed by atoms with Crippen molar-refractivity contribution in [2.24, 2.45) is 17.8 Å². The molecule has 3 atom stereocenters. The zero-order valence-electron chi connectivity index (χ0n) is 16.8. The van der Waals surface area contributed by atoms with Gasteiger partial charge >= 0.3 is 6.18 Å². The number of methoxy groups -OCH3 is 1. The van der Waals surface area contributed by atoms with E-state index in [2.05, 4.69) is 18.7 Å². The van der Waals surface area contributed by atoms with Gasteiger partial charge in [-0.05, 0) is 60.3 Å². The fourth-order valence-corrected chi connectivity index (χ4v) is 4.71. The van der Waals surface area contributed by atoms with Gasteiger partial charge in [0.25, 0.3) is 0 Å². The summed E-state index contributed by atoms with van der Waals surface area (Å²) in [6.45, 7) is 5.07. The molecule has 1 unspecified atom stereocenters. The first-order valence-corrected chi connectivity index (χ1v) is 9.97. The van der Waals surface area contributed by atoms with Crippen molar-refractivity contribution in [3.8, 4) is 11.5 Å². The molecule has 158 valence electrons. The highest BCUT2D eigenvalue weighted by Gasteiger charge is 2.39. The average Bonchev–Trinajstić information content (AvgIpc) is 2.63. The number of benzene rings is 1. The van der Waals surface area contributed by atoms with Crippen LogP contribution in [0.25, 0.3) is 0 Å². The molecule has 1 N–H and O–H groups in total. The number of ether oxygens (including phenoxy) is 2. The molecule has 2 heterocycles. The van der Waals surface area contributed by atoms with Crippen molar-refractivity contribution in [3.63, 3.8) is 0 Å². The third kappa shape index (κ3) is 4.74. The quantitative estimate of drug-likeness (QED) is 0.775. The number of hydrogen-bond donors (Lipinski definition) is 1. The number of aliphatic hydroxyl groups excluding tert-OH is 1. The van der Waals surface area contributed by atoms with Crippen LogP contribution >= 0.6 is 0 Å². The van der Waals surface area contributed by atoms with Gasteiger partial charge in [0.15, 0.2) is 18.1 Å². The van der Waals surface area contributed by atoms with Crippen LogP contribution in [0, 0.1) is 17.8 Å². The van der Waals surface area contributed by atoms with Crippen molar-refractivity contribution in [2.75, 3.05) is 33.4 Å². The molecular formula is C21H30F3NO3. The van der Waals surface area contributed by atoms with Crippen LogP contribution in [-0.4, -0.2) is 49.6 Å². The van der Waals surface area contributed by atoms with Crippen molar-refractivity contribution in [3.05, 3.63) is 23.3 Å². The lowest BCUT2D eigenvalue weighted by atomic mass is 9.74. The normalized spacial score (nSPS) is 25.4. The van der Waals surface area contributed by atoms with Gasteiger partial charge in [0, 0.05) is 25.7 Å². The molecule has 28 heavy (non-hydrogen) atoms. The zero-order valence-corrected chi connectivity index (χ0v) is 16.8. The Kier molecular flexibility index (Phi) is 6.44. The fourth-order valence-electron chi connectivity index (χ4n) is 4.71. The van der Waals surface area contributed by atoms with Gasteiger partial charge in [0.05, 0.1) is 7.11 Å². The summed E-state index contributed by atoms with van der Waals surface area (Å²) in [6, 6.07) is 3.69. The van der Waals surface area contributed by atoms with Gasteiger partial charge < -0.3 is 14.6 Å². The minimum atomic E-state index is -4.39. The number of fused-ring (bicyclic) bond motifs is 3. The molecular weight excluding hydrogens is 371 g/mol. The van der Waals surface area contributed by atoms with Crippen molar-refractivity contribution < 1.29 is 27.8 Å². The van der Waals surface area contributed by atoms with E-state index < -0.39 is 12.8 Å². The van der Waals surface area contributed by atoms with Crippen molar-refractivity contribution in [2.45, 2.75) is 45.3 Å². The van der Waals surface area contributed by atoms with Crippen LogP contribution < -0.4 is 9.47 Å². The van der Waals surface area contributed by atoms with Gasteiger partial charge in [0.2, 0.25) is 0 Å². The van der Waals surface area contributed by atoms with E-state index in [0.29, 0.717) is 17.6 Å². The summed E-state index contributed by atoms with van der Waals surface area (Å²) in [5, 5.41) is 9.93. The molecule has 3 rings (SSSR count). The predicted molar refractivity (Wildman–Crippen MR) is 101 cm³/mol. The van der Waals surface area contributed by atoms with E-state index >= 15 is 0 Å². The van der Waals surface area contributed by atoms with E-state index in [1.54, 1.807) is 6.07 Å². The Morgan fingerprint density at radius 3 is 2.57 bits per heavy atom. The molecule has 0 radical (unpaired) electrons. The fraction of sp³-hybridized carbons (Fsp3) is 0.714. The first-order chi connectivity index (χ1) is 13.2. The Hall–Kier alpha value is -1.47. The standard InChI is InChI=1S/C21H30F3NO3/c1-13(2)6-15-10-25-5-4-14-8-20(28-12-21(22,23)24)19(27-3)9-17(14)18(25)7-16(15)11-26/h8-9,13,15-16,18,26H,4-7,10-12H2,1-3H3/t15-,16?,18-/m0/s1. The van der Waals surface area contributed by atoms with Gasteiger partial charge in [-0.15, -0.1) is 0 Å². The maximum Gasteiger partial charge on any atom is 0.422 e. The monoisotopic (exact) mass is 401 g/mol. The van der Waals surface area contributed by atoms with Crippen LogP contribution in [0.3, 0.4) is 0 Å². The van der Waals surface area contributed by atoms with Gasteiger partial charge in [0.1, 0.15) is 0 Å². The van der Waals surface area contributed by atoms with E-state index in [0.717, 1.165) is 43.5 Å². The lowest BCUT2D eigenvalue weighted by Crippen LogP contribution is -2.47. The number of alkyl halides is 3. The van der Waals surface area contributed by atoms with Crippen LogP contribution in [0.4, 0.5) is 13.2 Å². The Balaban J connectivity index is 1.84. The second-order valence-electron chi connectivity index (χ2n) is 8.43. The molecule has 2 aliphatic heterocycles. The van der Waals surface area contributed by atoms with Crippen molar-refractivity contribution in [1.29, 1.82) is 0 Å². The molecule has 4 nitrogen and oxygen atoms in total. The lowest BCUT2D eigenvalue weighted by Gasteiger charge is -2.47. The Bertz CT molecular complexity index is 678. The first kappa shape index (κ1) is 21.2. The largest absolute Gasteiger partial charge is 0.493 e. The third-order valence-electron chi connectivity index (χ3n) is 5.96. The number of halogens is 3. The maximum atomic E-state index is 12.6. The van der Waals surface area contributed by atoms with Crippen molar-refractivity contribution >= 4 is 0 Å². The number of nitrogens with zero attached hydrogens (tertiary/aromatic N) is 1. The molecule has 0 aromatic heterocycles. The van der Waals surface area contributed by atoms with Crippen LogP contribution in [0.5, 0.6) is 11.5 Å². The number of hydrogen-bond acceptors (Lipinski definition) is 4. The number of piperidine rings is 1. The highest BCUT2D eigenvalue weighted by atomic mass is 19.4. The van der Waals surface area contributed by atoms with Crippen LogP contribution in [-0.2, 0) is 6.42 Å². The SMILES string of the molecule is COc1cc2c(cc1OCC(F)(F)F)CCN1C[C@H](CC(C)C)C(CO)C[C@@H]21. The summed E-state index contributed by atoms with van der Waals surface area (Å²) in [6.07, 6.45) is -1.67. The third-order valence-corrected chi connectivity index (χ3v) is 5.96. The summed E-state index contributed by atoms with van der Waals surface area (Å²) in [5.41, 5.74) is 2.10. The summed E-state index contributed by atoms with van der Waals surface area (Å²) in [5.74, 6) is 1.76. The van der Waals surface area contributed by atoms with E-state index in [1.807, 2.05) is 6.07 Å². The average molecular weight is 401 g/mol. The molecule has 0 bridgehead atoms. The Labute approximate surface area is 164 Å². The number of aliphatic hydroxyl groups is 1. The van der Waals surface area contributed by atoms with Gasteiger partial charge in [-0.3, -0.25) is 4.90 Å². The van der Waals surface area contributed by atoms with Crippen LogP contribution in [0.1, 0.15) is 43.9 Å². The highest BCUT2D eigenvalue weighted by Crippen LogP contribution is 2.45. The minimum absolute atomic E-state index is 0.138. The summed E-state index contributed by atoms with van der Waals surface area (Å²) < 4.78 is 48.0. The van der Waals surface area contributed by atoms with Crippen LogP contribution in [0.15, 0.2) is 12.1 Å². The molecule has 0 saturated carbocycles. The molecule has 0 amide bonds. The Morgan fingerprint density at radius 2 is 1.96 bits per heavy atom. The van der Waals surface area contributed by atoms with Gasteiger partial charge in [-0.1, -0.05) is 13.8 Å². The lowest BCUT2D eigenvalue weighted by molar-refractivity contribution is -0.153. The molecule has 1 aromatic carbocycles. The molecule has 1 aromatic rings. The molecule has 0 spiro atoms. The Morgan fingerprint density at radius 1 is 1.21 bits per heavy atom. The van der Waals surface area contributed by atoms with Crippen LogP contribution in [0.2, 0.25) is 0 Å². The van der Waals surface area contributed by atoms with E-state index in [-0.39, 0.29) is 24.3 Å². The molecule has 1 saturated heterocycles. The predicted octanol–water partition coefficient (Wildman–Crippen LogP) is 4.21. The van der Waals surface area contributed by atoms with E-state index in [9.17, 15) is 18.3 Å². The van der Waals surface area contributed by atoms with Gasteiger partial charge in [-0.2, -0.15) is 13.2 Å². The topological polar surface area (TPSA) is 41.9 Å². The number of rotatable bonds is 6. The smallest absolute Gasteiger partial charge is 0.422 e. The minimum Gasteiger partial charge on any atom is -0.493 e. The van der Waals surface area contributed by atoms with E-state index in [4.69, 9.17) is 9.47 Å². The summed E-state index contributed by atoms with van der Waals surface area (Å²) in [7, 11) is 1.44. The summed E-state index contributed by atoms with van der Waals surface area (Å²) in [4.78, 5) is 2.46. The summed E-state index contributed by atoms with van der Waals surface area (Å²) >= 11 is 0. The van der Waals surface area contributed by atoms with Gasteiger partial charge in [-0.25, -0.2) is 0 Å². The molecule has 7 heteroatoms. The zero-order chi connectivity index (χ0) is 20.5.